The van der Waals surface area contributed by atoms with E-state index in [1.165, 1.54) is 10.8 Å². The van der Waals surface area contributed by atoms with Gasteiger partial charge in [0.05, 0.1) is 22.2 Å². The van der Waals surface area contributed by atoms with Crippen LogP contribution in [0.25, 0.3) is 32.5 Å². The molecule has 0 saturated heterocycles. The Hall–Kier alpha value is -3.90. The topological polar surface area (TPSA) is 68.0 Å². The van der Waals surface area contributed by atoms with Gasteiger partial charge in [-0.1, -0.05) is 24.8 Å². The third-order valence-corrected chi connectivity index (χ3v) is 4.29. The second kappa shape index (κ2) is 5.33. The predicted octanol–water partition coefficient (Wildman–Crippen LogP) is 3.30. The number of benzene rings is 1. The maximum absolute atomic E-state index is 12.9. The average molecular weight is 325 g/mol. The molecule has 4 aromatic rings. The molecule has 0 saturated carbocycles. The van der Waals surface area contributed by atoms with Gasteiger partial charge in [0, 0.05) is 12.4 Å². The Kier molecular flexibility index (Phi) is 3.13. The maximum Gasteiger partial charge on any atom is 0.273 e. The van der Waals surface area contributed by atoms with Crippen molar-refractivity contribution in [3.63, 3.8) is 0 Å². The minimum Gasteiger partial charge on any atom is -0.361 e. The van der Waals surface area contributed by atoms with E-state index in [4.69, 9.17) is 6.57 Å². The Balaban J connectivity index is 2.24. The largest absolute Gasteiger partial charge is 0.361 e. The van der Waals surface area contributed by atoms with Crippen LogP contribution in [0.15, 0.2) is 53.5 Å². The molecular weight excluding hydrogens is 314 g/mol. The first-order chi connectivity index (χ1) is 12.2. The maximum atomic E-state index is 12.9. The summed E-state index contributed by atoms with van der Waals surface area (Å²) < 4.78 is 3.46. The molecule has 4 rings (SSSR count). The monoisotopic (exact) mass is 325 g/mol. The highest BCUT2D eigenvalue weighted by Crippen LogP contribution is 2.29. The highest BCUT2D eigenvalue weighted by atomic mass is 16.1. The van der Waals surface area contributed by atoms with Gasteiger partial charge in [-0.05, 0) is 24.3 Å². The first-order valence-electron chi connectivity index (χ1n) is 7.53. The molecule has 0 aliphatic heterocycles. The lowest BCUT2D eigenvalue weighted by molar-refractivity contribution is 0.987. The van der Waals surface area contributed by atoms with Crippen molar-refractivity contribution in [3.05, 3.63) is 76.0 Å². The van der Waals surface area contributed by atoms with Crippen LogP contribution in [0, 0.1) is 17.9 Å². The van der Waals surface area contributed by atoms with E-state index in [0.29, 0.717) is 5.69 Å². The van der Waals surface area contributed by atoms with Crippen LogP contribution in [-0.4, -0.2) is 14.1 Å². The highest BCUT2D eigenvalue weighted by Gasteiger charge is 2.18. The molecule has 0 unspecified atom stereocenters. The summed E-state index contributed by atoms with van der Waals surface area (Å²) in [6, 6.07) is 14.6. The van der Waals surface area contributed by atoms with E-state index < -0.39 is 5.56 Å². The van der Waals surface area contributed by atoms with Crippen LogP contribution >= 0.6 is 0 Å². The van der Waals surface area contributed by atoms with Gasteiger partial charge >= 0.3 is 0 Å². The van der Waals surface area contributed by atoms with Crippen molar-refractivity contribution in [2.24, 2.45) is 7.05 Å². The average Bonchev–Trinajstić information content (AvgIpc) is 2.94. The van der Waals surface area contributed by atoms with Crippen LogP contribution < -0.4 is 5.56 Å². The minimum atomic E-state index is -0.399. The second-order valence-corrected chi connectivity index (χ2v) is 5.61. The summed E-state index contributed by atoms with van der Waals surface area (Å²) in [5.41, 5.74) is 2.66. The van der Waals surface area contributed by atoms with Gasteiger partial charge in [0.2, 0.25) is 0 Å². The molecule has 0 amide bonds. The second-order valence-electron chi connectivity index (χ2n) is 5.61. The Morgan fingerprint density at radius 1 is 1.20 bits per heavy atom. The number of pyridine rings is 2. The fourth-order valence-electron chi connectivity index (χ4n) is 3.12. The number of hydrogen-bond acceptors (Lipinski definition) is 3. The summed E-state index contributed by atoms with van der Waals surface area (Å²) >= 11 is 0. The van der Waals surface area contributed by atoms with Crippen molar-refractivity contribution in [3.8, 4) is 11.8 Å². The number of aryl methyl sites for hydroxylation is 1. The molecule has 0 aliphatic carbocycles. The smallest absolute Gasteiger partial charge is 0.273 e. The molecule has 0 spiro atoms. The van der Waals surface area contributed by atoms with Crippen LogP contribution in [0.2, 0.25) is 0 Å². The quantitative estimate of drug-likeness (QED) is 0.504. The third kappa shape index (κ3) is 2.02. The lowest BCUT2D eigenvalue weighted by Gasteiger charge is -2.08. The van der Waals surface area contributed by atoms with Crippen molar-refractivity contribution in [1.82, 2.24) is 14.1 Å². The number of fused-ring (bicyclic) bond motifs is 3. The number of nitriles is 1. The first-order valence-corrected chi connectivity index (χ1v) is 7.53. The van der Waals surface area contributed by atoms with E-state index in [2.05, 4.69) is 9.83 Å². The van der Waals surface area contributed by atoms with Gasteiger partial charge in [-0.3, -0.25) is 9.36 Å². The van der Waals surface area contributed by atoms with Gasteiger partial charge < -0.3 is 9.41 Å². The lowest BCUT2D eigenvalue weighted by Crippen LogP contribution is -2.21. The van der Waals surface area contributed by atoms with E-state index in [0.717, 1.165) is 21.9 Å². The zero-order valence-corrected chi connectivity index (χ0v) is 13.3. The molecule has 6 heteroatoms. The molecule has 3 heterocycles. The van der Waals surface area contributed by atoms with Gasteiger partial charge in [0.15, 0.2) is 0 Å². The van der Waals surface area contributed by atoms with Crippen molar-refractivity contribution in [2.45, 2.75) is 0 Å². The molecule has 3 aromatic heterocycles. The molecular formula is C19H11N5O. The van der Waals surface area contributed by atoms with Crippen molar-refractivity contribution < 1.29 is 0 Å². The van der Waals surface area contributed by atoms with Crippen molar-refractivity contribution in [2.75, 3.05) is 0 Å². The van der Waals surface area contributed by atoms with Gasteiger partial charge in [-0.25, -0.2) is 0 Å². The third-order valence-electron chi connectivity index (χ3n) is 4.29. The minimum absolute atomic E-state index is 0.0626. The van der Waals surface area contributed by atoms with Crippen LogP contribution in [0.5, 0.6) is 0 Å². The van der Waals surface area contributed by atoms with E-state index in [-0.39, 0.29) is 11.4 Å². The number of nitrogens with zero attached hydrogens (tertiary/aromatic N) is 5. The molecule has 1 aromatic carbocycles. The summed E-state index contributed by atoms with van der Waals surface area (Å²) in [5.74, 6) is 0.252. The van der Waals surface area contributed by atoms with E-state index in [9.17, 15) is 10.1 Å². The van der Waals surface area contributed by atoms with Crippen LogP contribution in [-0.2, 0) is 7.05 Å². The van der Waals surface area contributed by atoms with Crippen LogP contribution in [0.1, 0.15) is 5.56 Å². The van der Waals surface area contributed by atoms with E-state index >= 15 is 0 Å². The van der Waals surface area contributed by atoms with E-state index in [1.54, 1.807) is 18.2 Å². The van der Waals surface area contributed by atoms with Crippen molar-refractivity contribution in [1.29, 1.82) is 5.26 Å². The summed E-state index contributed by atoms with van der Waals surface area (Å²) in [4.78, 5) is 20.2. The number of rotatable bonds is 1. The molecule has 0 aliphatic rings. The molecule has 0 fully saturated rings. The van der Waals surface area contributed by atoms with Crippen LogP contribution in [0.4, 0.5) is 5.82 Å². The standard InChI is InChI=1S/C19H11N5O/c1-21-17-8-7-13(11-22-17)24-18-14-5-3-4-6-15(14)23(2)16(18)9-12(10-20)19(24)25/h3-9,11H,2H3. The summed E-state index contributed by atoms with van der Waals surface area (Å²) in [6.45, 7) is 7.01. The van der Waals surface area contributed by atoms with Crippen LogP contribution in [0.3, 0.4) is 0 Å². The highest BCUT2D eigenvalue weighted by molar-refractivity contribution is 6.06. The Bertz CT molecular complexity index is 1280. The summed E-state index contributed by atoms with van der Waals surface area (Å²) in [6.07, 6.45) is 1.48. The summed E-state index contributed by atoms with van der Waals surface area (Å²) in [5, 5.41) is 10.3. The molecule has 6 nitrogen and oxygen atoms in total. The molecule has 0 bridgehead atoms. The zero-order chi connectivity index (χ0) is 17.6. The van der Waals surface area contributed by atoms with Gasteiger partial charge in [-0.2, -0.15) is 5.26 Å². The molecule has 0 N–H and O–H groups in total. The molecule has 118 valence electrons. The normalized spacial score (nSPS) is 10.7. The Labute approximate surface area is 142 Å². The first kappa shape index (κ1) is 14.7. The Morgan fingerprint density at radius 2 is 2.00 bits per heavy atom. The fraction of sp³-hybridized carbons (Fsp3) is 0.0526. The predicted molar refractivity (Wildman–Crippen MR) is 94.8 cm³/mol. The summed E-state index contributed by atoms with van der Waals surface area (Å²) in [7, 11) is 1.90. The van der Waals surface area contributed by atoms with Gasteiger partial charge in [0.1, 0.15) is 17.8 Å². The lowest BCUT2D eigenvalue weighted by atomic mass is 10.2. The molecule has 0 radical (unpaired) electrons. The zero-order valence-electron chi connectivity index (χ0n) is 13.3. The number of para-hydroxylation sites is 1. The van der Waals surface area contributed by atoms with Crippen molar-refractivity contribution >= 4 is 27.8 Å². The van der Waals surface area contributed by atoms with E-state index in [1.807, 2.05) is 41.9 Å². The Morgan fingerprint density at radius 3 is 2.68 bits per heavy atom. The SMILES string of the molecule is [C-]#[N+]c1ccc(-n2c(=O)c(C#N)cc3c2c2ccccc2n3C)cn1. The van der Waals surface area contributed by atoms with Gasteiger partial charge in [-0.15, -0.1) is 4.98 Å². The fourth-order valence-corrected chi connectivity index (χ4v) is 3.12. The number of hydrogen-bond donors (Lipinski definition) is 0. The molecule has 25 heavy (non-hydrogen) atoms. The number of aromatic nitrogens is 3. The van der Waals surface area contributed by atoms with Gasteiger partial charge in [0.25, 0.3) is 11.4 Å². The molecule has 0 atom stereocenters.